The summed E-state index contributed by atoms with van der Waals surface area (Å²) in [5, 5.41) is 4.94. The zero-order valence-corrected chi connectivity index (χ0v) is 13.0. The van der Waals surface area contributed by atoms with E-state index in [1.807, 2.05) is 36.4 Å². The Morgan fingerprint density at radius 3 is 2.64 bits per heavy atom. The topological polar surface area (TPSA) is 67.6 Å². The molecule has 0 saturated heterocycles. The van der Waals surface area contributed by atoms with E-state index in [4.69, 9.17) is 22.2 Å². The standard InChI is InChI=1S/C16H18ClN3O2/c1-2-22-16(21)20(18)15-8-6-12(7-9-15)11-19-14-5-3-4-13(17)10-14/h3-10,19H,2,11,18H2,1H3. The molecule has 0 radical (unpaired) electrons. The molecule has 0 unspecified atom stereocenters. The number of amides is 1. The van der Waals surface area contributed by atoms with Gasteiger partial charge in [0, 0.05) is 17.3 Å². The fourth-order valence-corrected chi connectivity index (χ4v) is 2.07. The highest BCUT2D eigenvalue weighted by Gasteiger charge is 2.11. The largest absolute Gasteiger partial charge is 0.449 e. The van der Waals surface area contributed by atoms with E-state index in [1.165, 1.54) is 0 Å². The number of nitrogens with two attached hydrogens (primary N) is 1. The Morgan fingerprint density at radius 1 is 1.27 bits per heavy atom. The first-order valence-electron chi connectivity index (χ1n) is 6.90. The van der Waals surface area contributed by atoms with Gasteiger partial charge >= 0.3 is 6.09 Å². The number of hydrazine groups is 1. The number of carbonyl (C=O) groups is 1. The second-order valence-electron chi connectivity index (χ2n) is 4.60. The second kappa shape index (κ2) is 7.68. The Labute approximate surface area is 134 Å². The molecule has 1 amide bonds. The van der Waals surface area contributed by atoms with Gasteiger partial charge in [0.05, 0.1) is 12.3 Å². The zero-order chi connectivity index (χ0) is 15.9. The maximum atomic E-state index is 11.5. The molecule has 0 aliphatic rings. The highest BCUT2D eigenvalue weighted by molar-refractivity contribution is 6.30. The summed E-state index contributed by atoms with van der Waals surface area (Å²) in [4.78, 5) is 11.5. The van der Waals surface area contributed by atoms with Gasteiger partial charge in [-0.3, -0.25) is 0 Å². The Hall–Kier alpha value is -2.24. The average molecular weight is 320 g/mol. The summed E-state index contributed by atoms with van der Waals surface area (Å²) in [6.45, 7) is 2.66. The van der Waals surface area contributed by atoms with Crippen LogP contribution in [0.3, 0.4) is 0 Å². The van der Waals surface area contributed by atoms with Crippen molar-refractivity contribution in [2.24, 2.45) is 5.84 Å². The fourth-order valence-electron chi connectivity index (χ4n) is 1.88. The average Bonchev–Trinajstić information content (AvgIpc) is 2.53. The minimum atomic E-state index is -0.577. The molecule has 0 aliphatic heterocycles. The van der Waals surface area contributed by atoms with Crippen molar-refractivity contribution in [1.29, 1.82) is 0 Å². The quantitative estimate of drug-likeness (QED) is 0.500. The summed E-state index contributed by atoms with van der Waals surface area (Å²) in [6, 6.07) is 14.9. The van der Waals surface area contributed by atoms with Crippen molar-refractivity contribution < 1.29 is 9.53 Å². The van der Waals surface area contributed by atoms with Crippen LogP contribution in [0.5, 0.6) is 0 Å². The lowest BCUT2D eigenvalue weighted by Crippen LogP contribution is -2.37. The lowest BCUT2D eigenvalue weighted by atomic mass is 10.2. The number of halogens is 1. The van der Waals surface area contributed by atoms with Gasteiger partial charge in [-0.25, -0.2) is 15.6 Å². The van der Waals surface area contributed by atoms with Gasteiger partial charge in [-0.2, -0.15) is 0 Å². The fraction of sp³-hybridized carbons (Fsp3) is 0.188. The van der Waals surface area contributed by atoms with Crippen LogP contribution in [-0.2, 0) is 11.3 Å². The van der Waals surface area contributed by atoms with Crippen LogP contribution in [-0.4, -0.2) is 12.7 Å². The van der Waals surface area contributed by atoms with Crippen LogP contribution in [0.25, 0.3) is 0 Å². The minimum Gasteiger partial charge on any atom is -0.449 e. The molecule has 0 heterocycles. The van der Waals surface area contributed by atoms with Crippen LogP contribution in [0.2, 0.25) is 5.02 Å². The lowest BCUT2D eigenvalue weighted by molar-refractivity contribution is 0.160. The molecule has 116 valence electrons. The number of hydrogen-bond acceptors (Lipinski definition) is 4. The third kappa shape index (κ3) is 4.38. The molecule has 0 bridgehead atoms. The molecule has 2 rings (SSSR count). The molecule has 0 spiro atoms. The van der Waals surface area contributed by atoms with Gasteiger partial charge in [-0.15, -0.1) is 0 Å². The summed E-state index contributed by atoms with van der Waals surface area (Å²) in [5.41, 5.74) is 2.58. The van der Waals surface area contributed by atoms with E-state index in [9.17, 15) is 4.79 Å². The number of rotatable bonds is 5. The van der Waals surface area contributed by atoms with Crippen molar-refractivity contribution in [2.45, 2.75) is 13.5 Å². The van der Waals surface area contributed by atoms with Gasteiger partial charge in [0.2, 0.25) is 0 Å². The Morgan fingerprint density at radius 2 is 2.00 bits per heavy atom. The lowest BCUT2D eigenvalue weighted by Gasteiger charge is -2.16. The molecule has 0 atom stereocenters. The predicted molar refractivity (Wildman–Crippen MR) is 88.9 cm³/mol. The molecule has 22 heavy (non-hydrogen) atoms. The molecule has 3 N–H and O–H groups in total. The SMILES string of the molecule is CCOC(=O)N(N)c1ccc(CNc2cccc(Cl)c2)cc1. The summed E-state index contributed by atoms with van der Waals surface area (Å²) >= 11 is 5.93. The van der Waals surface area contributed by atoms with Gasteiger partial charge < -0.3 is 10.1 Å². The third-order valence-corrected chi connectivity index (χ3v) is 3.24. The van der Waals surface area contributed by atoms with Crippen molar-refractivity contribution >= 4 is 29.1 Å². The minimum absolute atomic E-state index is 0.286. The van der Waals surface area contributed by atoms with Crippen LogP contribution in [0, 0.1) is 0 Å². The molecule has 0 aliphatic carbocycles. The number of hydrogen-bond donors (Lipinski definition) is 2. The molecule has 2 aromatic carbocycles. The molecule has 6 heteroatoms. The third-order valence-electron chi connectivity index (χ3n) is 3.00. The first-order valence-corrected chi connectivity index (χ1v) is 7.28. The second-order valence-corrected chi connectivity index (χ2v) is 5.04. The molecule has 5 nitrogen and oxygen atoms in total. The molecule has 0 fully saturated rings. The number of benzene rings is 2. The summed E-state index contributed by atoms with van der Waals surface area (Å²) in [6.07, 6.45) is -0.577. The number of carbonyl (C=O) groups excluding carboxylic acids is 1. The van der Waals surface area contributed by atoms with Crippen molar-refractivity contribution in [3.8, 4) is 0 Å². The normalized spacial score (nSPS) is 10.1. The maximum absolute atomic E-state index is 11.5. The highest BCUT2D eigenvalue weighted by atomic mass is 35.5. The van der Waals surface area contributed by atoms with Crippen molar-refractivity contribution in [3.05, 3.63) is 59.1 Å². The van der Waals surface area contributed by atoms with E-state index in [1.54, 1.807) is 19.1 Å². The number of anilines is 2. The van der Waals surface area contributed by atoms with E-state index in [0.29, 0.717) is 17.3 Å². The van der Waals surface area contributed by atoms with Crippen LogP contribution in [0.4, 0.5) is 16.2 Å². The molecular weight excluding hydrogens is 302 g/mol. The first kappa shape index (κ1) is 16.1. The predicted octanol–water partition coefficient (Wildman–Crippen LogP) is 3.79. The van der Waals surface area contributed by atoms with Crippen molar-refractivity contribution in [2.75, 3.05) is 16.9 Å². The number of nitrogens with zero attached hydrogens (tertiary/aromatic N) is 1. The monoisotopic (exact) mass is 319 g/mol. The Kier molecular flexibility index (Phi) is 5.63. The van der Waals surface area contributed by atoms with E-state index < -0.39 is 6.09 Å². The molecule has 0 aromatic heterocycles. The van der Waals surface area contributed by atoms with Crippen LogP contribution < -0.4 is 16.2 Å². The maximum Gasteiger partial charge on any atom is 0.428 e. The smallest absolute Gasteiger partial charge is 0.428 e. The number of nitrogens with one attached hydrogen (secondary N) is 1. The van der Waals surface area contributed by atoms with Gasteiger partial charge in [-0.05, 0) is 42.8 Å². The van der Waals surface area contributed by atoms with Crippen molar-refractivity contribution in [1.82, 2.24) is 0 Å². The Bertz CT molecular complexity index is 632. The summed E-state index contributed by atoms with van der Waals surface area (Å²) in [7, 11) is 0. The van der Waals surface area contributed by atoms with E-state index in [2.05, 4.69) is 5.32 Å². The first-order chi connectivity index (χ1) is 10.6. The molecule has 0 saturated carbocycles. The number of ether oxygens (including phenoxy) is 1. The van der Waals surface area contributed by atoms with Gasteiger partial charge in [0.1, 0.15) is 0 Å². The summed E-state index contributed by atoms with van der Waals surface area (Å²) in [5.74, 6) is 5.68. The van der Waals surface area contributed by atoms with Crippen LogP contribution >= 0.6 is 11.6 Å². The van der Waals surface area contributed by atoms with Gasteiger partial charge in [0.15, 0.2) is 0 Å². The Balaban J connectivity index is 1.95. The van der Waals surface area contributed by atoms with Gasteiger partial charge in [0.25, 0.3) is 0 Å². The van der Waals surface area contributed by atoms with E-state index in [0.717, 1.165) is 16.3 Å². The van der Waals surface area contributed by atoms with Crippen LogP contribution in [0.1, 0.15) is 12.5 Å². The molecular formula is C16H18ClN3O2. The highest BCUT2D eigenvalue weighted by Crippen LogP contribution is 2.17. The van der Waals surface area contributed by atoms with Crippen LogP contribution in [0.15, 0.2) is 48.5 Å². The van der Waals surface area contributed by atoms with Gasteiger partial charge in [-0.1, -0.05) is 29.8 Å². The van der Waals surface area contributed by atoms with E-state index >= 15 is 0 Å². The van der Waals surface area contributed by atoms with E-state index in [-0.39, 0.29) is 6.61 Å². The zero-order valence-electron chi connectivity index (χ0n) is 12.3. The summed E-state index contributed by atoms with van der Waals surface area (Å²) < 4.78 is 4.84. The molecule has 2 aromatic rings. The van der Waals surface area contributed by atoms with Crippen molar-refractivity contribution in [3.63, 3.8) is 0 Å².